The van der Waals surface area contributed by atoms with E-state index in [1.165, 1.54) is 0 Å². The molecule has 1 atom stereocenters. The molecule has 184 valence electrons. The maximum Gasteiger partial charge on any atom is 0.262 e. The normalized spacial score (nSPS) is 20.2. The SMILES string of the molecule is CC(C)(C)N/C=C(/C#CC1CN(c2ccc3c(c2)C(=O)N(C2CCC(=O)NC2=O)C3=O)C1)C(=N)C#N. The summed E-state index contributed by atoms with van der Waals surface area (Å²) in [6.07, 6.45) is 1.77. The Morgan fingerprint density at radius 1 is 1.17 bits per heavy atom. The van der Waals surface area contributed by atoms with Crippen molar-refractivity contribution in [3.05, 3.63) is 41.1 Å². The van der Waals surface area contributed by atoms with Crippen molar-refractivity contribution < 1.29 is 19.2 Å². The number of anilines is 1. The number of nitrogens with one attached hydrogen (secondary N) is 3. The maximum absolute atomic E-state index is 13.0. The molecule has 1 aromatic rings. The van der Waals surface area contributed by atoms with Gasteiger partial charge in [0.25, 0.3) is 11.8 Å². The summed E-state index contributed by atoms with van der Waals surface area (Å²) in [5.74, 6) is 3.92. The van der Waals surface area contributed by atoms with Gasteiger partial charge in [-0.05, 0) is 45.4 Å². The van der Waals surface area contributed by atoms with E-state index in [0.717, 1.165) is 10.6 Å². The minimum absolute atomic E-state index is 0.0140. The molecule has 0 aromatic heterocycles. The Morgan fingerprint density at radius 3 is 2.50 bits per heavy atom. The molecule has 0 aliphatic carbocycles. The van der Waals surface area contributed by atoms with Gasteiger partial charge in [-0.15, -0.1) is 0 Å². The second-order valence-corrected chi connectivity index (χ2v) is 9.99. The zero-order chi connectivity index (χ0) is 26.2. The van der Waals surface area contributed by atoms with E-state index in [2.05, 4.69) is 22.5 Å². The highest BCUT2D eigenvalue weighted by Crippen LogP contribution is 2.32. The number of rotatable bonds is 4. The molecule has 3 N–H and O–H groups in total. The van der Waals surface area contributed by atoms with Gasteiger partial charge in [0.05, 0.1) is 22.6 Å². The molecule has 0 saturated carbocycles. The van der Waals surface area contributed by atoms with E-state index < -0.39 is 29.7 Å². The first-order valence-electron chi connectivity index (χ1n) is 11.6. The molecule has 36 heavy (non-hydrogen) atoms. The second-order valence-electron chi connectivity index (χ2n) is 9.99. The fourth-order valence-electron chi connectivity index (χ4n) is 4.14. The van der Waals surface area contributed by atoms with E-state index in [1.54, 1.807) is 24.4 Å². The lowest BCUT2D eigenvalue weighted by Crippen LogP contribution is -2.54. The van der Waals surface area contributed by atoms with Crippen LogP contribution in [0.3, 0.4) is 0 Å². The second kappa shape index (κ2) is 9.31. The van der Waals surface area contributed by atoms with Gasteiger partial charge in [-0.2, -0.15) is 5.26 Å². The summed E-state index contributed by atoms with van der Waals surface area (Å²) < 4.78 is 0. The molecule has 2 saturated heterocycles. The summed E-state index contributed by atoms with van der Waals surface area (Å²) in [5, 5.41) is 22.2. The van der Waals surface area contributed by atoms with E-state index >= 15 is 0 Å². The lowest BCUT2D eigenvalue weighted by atomic mass is 9.98. The highest BCUT2D eigenvalue weighted by Gasteiger charge is 2.45. The number of amides is 4. The van der Waals surface area contributed by atoms with Gasteiger partial charge < -0.3 is 10.2 Å². The number of piperidine rings is 1. The number of fused-ring (bicyclic) bond motifs is 1. The van der Waals surface area contributed by atoms with E-state index in [1.807, 2.05) is 31.7 Å². The number of carbonyl (C=O) groups is 4. The van der Waals surface area contributed by atoms with Crippen molar-refractivity contribution in [1.82, 2.24) is 15.5 Å². The lowest BCUT2D eigenvalue weighted by Gasteiger charge is -2.38. The van der Waals surface area contributed by atoms with Crippen LogP contribution in [0.15, 0.2) is 30.0 Å². The molecular formula is C26H26N6O4. The largest absolute Gasteiger partial charge is 0.385 e. The van der Waals surface area contributed by atoms with Crippen LogP contribution in [-0.2, 0) is 9.59 Å². The molecule has 4 rings (SSSR count). The zero-order valence-corrected chi connectivity index (χ0v) is 20.3. The van der Waals surface area contributed by atoms with Crippen LogP contribution in [0.4, 0.5) is 5.69 Å². The predicted molar refractivity (Wildman–Crippen MR) is 131 cm³/mol. The standard InChI is InChI=1S/C26H26N6O4/c1-26(2,3)29-12-16(20(28)11-27)5-4-15-13-31(14-15)17-6-7-18-19(10-17)25(36)32(24(18)35)21-8-9-22(33)30-23(21)34/h6-7,10,12,15,21,28-29H,8-9,13-14H2,1-3H3,(H,30,33,34)/b16-12-,28-20?. The molecule has 10 heteroatoms. The molecule has 4 amide bonds. The van der Waals surface area contributed by atoms with Crippen molar-refractivity contribution in [2.45, 2.75) is 45.2 Å². The number of carbonyl (C=O) groups excluding carboxylic acids is 4. The first-order chi connectivity index (χ1) is 17.0. The smallest absolute Gasteiger partial charge is 0.262 e. The van der Waals surface area contributed by atoms with Crippen LogP contribution in [0.2, 0.25) is 0 Å². The number of nitriles is 1. The monoisotopic (exact) mass is 486 g/mol. The van der Waals surface area contributed by atoms with Crippen molar-refractivity contribution in [2.24, 2.45) is 5.92 Å². The van der Waals surface area contributed by atoms with Crippen molar-refractivity contribution >= 4 is 35.0 Å². The number of hydrogen-bond donors (Lipinski definition) is 3. The Morgan fingerprint density at radius 2 is 1.86 bits per heavy atom. The van der Waals surface area contributed by atoms with E-state index in [-0.39, 0.29) is 41.1 Å². The quantitative estimate of drug-likeness (QED) is 0.331. The fourth-order valence-corrected chi connectivity index (χ4v) is 4.14. The Kier molecular flexibility index (Phi) is 6.38. The summed E-state index contributed by atoms with van der Waals surface area (Å²) in [4.78, 5) is 52.5. The van der Waals surface area contributed by atoms with Crippen LogP contribution >= 0.6 is 0 Å². The van der Waals surface area contributed by atoms with Crippen molar-refractivity contribution in [1.29, 1.82) is 10.7 Å². The molecule has 1 aromatic carbocycles. The Hall–Kier alpha value is -4.44. The van der Waals surface area contributed by atoms with Crippen LogP contribution < -0.4 is 15.5 Å². The van der Waals surface area contributed by atoms with E-state index in [4.69, 9.17) is 10.7 Å². The topological polar surface area (TPSA) is 146 Å². The van der Waals surface area contributed by atoms with Gasteiger partial charge in [-0.1, -0.05) is 11.8 Å². The number of allylic oxidation sites excluding steroid dienone is 1. The third kappa shape index (κ3) is 4.84. The molecule has 0 bridgehead atoms. The Balaban J connectivity index is 1.44. The van der Waals surface area contributed by atoms with Crippen LogP contribution in [0, 0.1) is 34.5 Å². The number of imide groups is 2. The van der Waals surface area contributed by atoms with Crippen LogP contribution in [-0.4, -0.2) is 58.9 Å². The van der Waals surface area contributed by atoms with Gasteiger partial charge in [0.2, 0.25) is 11.8 Å². The zero-order valence-electron chi connectivity index (χ0n) is 20.3. The van der Waals surface area contributed by atoms with Gasteiger partial charge in [-0.3, -0.25) is 34.8 Å². The van der Waals surface area contributed by atoms with Gasteiger partial charge in [0, 0.05) is 36.9 Å². The van der Waals surface area contributed by atoms with Gasteiger partial charge in [0.15, 0.2) is 0 Å². The van der Waals surface area contributed by atoms with Gasteiger partial charge >= 0.3 is 0 Å². The first-order valence-corrected chi connectivity index (χ1v) is 11.6. The molecule has 3 aliphatic rings. The molecular weight excluding hydrogens is 460 g/mol. The third-order valence-corrected chi connectivity index (χ3v) is 6.11. The molecule has 2 fully saturated rings. The predicted octanol–water partition coefficient (Wildman–Crippen LogP) is 1.34. The summed E-state index contributed by atoms with van der Waals surface area (Å²) in [5.41, 5.74) is 1.11. The van der Waals surface area contributed by atoms with Crippen LogP contribution in [0.25, 0.3) is 0 Å². The average molecular weight is 487 g/mol. The molecule has 3 aliphatic heterocycles. The lowest BCUT2D eigenvalue weighted by molar-refractivity contribution is -0.136. The number of benzene rings is 1. The Labute approximate surface area is 208 Å². The minimum Gasteiger partial charge on any atom is -0.385 e. The highest BCUT2D eigenvalue weighted by molar-refractivity contribution is 6.23. The maximum atomic E-state index is 13.0. The molecule has 3 heterocycles. The third-order valence-electron chi connectivity index (χ3n) is 6.11. The first kappa shape index (κ1) is 24.7. The fraction of sp³-hybridized carbons (Fsp3) is 0.385. The summed E-state index contributed by atoms with van der Waals surface area (Å²) in [6, 6.07) is 5.81. The number of hydrogen-bond acceptors (Lipinski definition) is 8. The van der Waals surface area contributed by atoms with Crippen LogP contribution in [0.1, 0.15) is 54.3 Å². The summed E-state index contributed by atoms with van der Waals surface area (Å²) >= 11 is 0. The van der Waals surface area contributed by atoms with Gasteiger partial charge in [-0.25, -0.2) is 0 Å². The molecule has 1 unspecified atom stereocenters. The molecule has 0 spiro atoms. The summed E-state index contributed by atoms with van der Waals surface area (Å²) in [6.45, 7) is 7.07. The molecule has 10 nitrogen and oxygen atoms in total. The van der Waals surface area contributed by atoms with Crippen molar-refractivity contribution in [3.63, 3.8) is 0 Å². The number of nitrogens with zero attached hydrogens (tertiary/aromatic N) is 3. The highest BCUT2D eigenvalue weighted by atomic mass is 16.2. The Bertz CT molecular complexity index is 1310. The van der Waals surface area contributed by atoms with Crippen LogP contribution in [0.5, 0.6) is 0 Å². The van der Waals surface area contributed by atoms with Crippen molar-refractivity contribution in [3.8, 4) is 17.9 Å². The molecule has 0 radical (unpaired) electrons. The minimum atomic E-state index is -0.996. The average Bonchev–Trinajstić information content (AvgIpc) is 3.03. The summed E-state index contributed by atoms with van der Waals surface area (Å²) in [7, 11) is 0. The van der Waals surface area contributed by atoms with E-state index in [0.29, 0.717) is 18.7 Å². The van der Waals surface area contributed by atoms with Crippen molar-refractivity contribution in [2.75, 3.05) is 18.0 Å². The van der Waals surface area contributed by atoms with Gasteiger partial charge in [0.1, 0.15) is 17.8 Å². The van der Waals surface area contributed by atoms with E-state index in [9.17, 15) is 19.2 Å².